The lowest BCUT2D eigenvalue weighted by Gasteiger charge is -2.07. The first-order valence-corrected chi connectivity index (χ1v) is 9.56. The number of aromatic nitrogens is 3. The van der Waals surface area contributed by atoms with E-state index in [4.69, 9.17) is 11.6 Å². The molecule has 0 aliphatic carbocycles. The molecule has 3 amide bonds. The van der Waals surface area contributed by atoms with Crippen LogP contribution in [0, 0.1) is 0 Å². The fourth-order valence-corrected chi connectivity index (χ4v) is 2.98. The predicted octanol–water partition coefficient (Wildman–Crippen LogP) is 2.88. The highest BCUT2D eigenvalue weighted by Gasteiger charge is 2.18. The molecule has 0 atom stereocenters. The number of hydrogen-bond donors (Lipinski definition) is 3. The van der Waals surface area contributed by atoms with E-state index in [0.717, 1.165) is 22.8 Å². The van der Waals surface area contributed by atoms with E-state index in [1.807, 2.05) is 30.3 Å². The summed E-state index contributed by atoms with van der Waals surface area (Å²) in [6.45, 7) is 0.719. The molecule has 0 aliphatic rings. The second kappa shape index (κ2) is 9.77. The molecule has 3 aromatic rings. The summed E-state index contributed by atoms with van der Waals surface area (Å²) in [5.74, 6) is -0.424. The molecule has 0 aliphatic heterocycles. The van der Waals surface area contributed by atoms with Gasteiger partial charge in [0.1, 0.15) is 0 Å². The monoisotopic (exact) mass is 416 g/mol. The zero-order valence-electron chi connectivity index (χ0n) is 14.7. The summed E-state index contributed by atoms with van der Waals surface area (Å²) in [6.07, 6.45) is 2.30. The van der Waals surface area contributed by atoms with Gasteiger partial charge in [0.25, 0.3) is 5.91 Å². The van der Waals surface area contributed by atoms with Crippen LogP contribution in [-0.2, 0) is 13.0 Å². The molecule has 0 saturated carbocycles. The van der Waals surface area contributed by atoms with E-state index in [-0.39, 0.29) is 10.7 Å². The Kier molecular flexibility index (Phi) is 6.88. The Morgan fingerprint density at radius 2 is 1.89 bits per heavy atom. The van der Waals surface area contributed by atoms with Crippen LogP contribution in [0.4, 0.5) is 9.80 Å². The van der Waals surface area contributed by atoms with Gasteiger partial charge in [0, 0.05) is 48.0 Å². The van der Waals surface area contributed by atoms with Crippen molar-refractivity contribution < 1.29 is 9.59 Å². The second-order valence-corrected chi connectivity index (χ2v) is 6.90. The molecule has 2 heterocycles. The lowest BCUT2D eigenvalue weighted by atomic mass is 10.2. The number of halogens is 1. The summed E-state index contributed by atoms with van der Waals surface area (Å²) in [6, 6.07) is 12.3. The first kappa shape index (κ1) is 19.7. The first-order chi connectivity index (χ1) is 13.6. The van der Waals surface area contributed by atoms with Crippen LogP contribution in [0.5, 0.6) is 0 Å². The first-order valence-electron chi connectivity index (χ1n) is 8.41. The van der Waals surface area contributed by atoms with Gasteiger partial charge in [0.05, 0.1) is 0 Å². The smallest absolute Gasteiger partial charge is 0.319 e. The lowest BCUT2D eigenvalue weighted by Crippen LogP contribution is -2.31. The minimum atomic E-state index is -0.436. The SMILES string of the molecule is O=C(NCCc1ccccn1)Nc1snnc1C(=O)NCc1ccc(Cl)cc1. The summed E-state index contributed by atoms with van der Waals surface area (Å²) >= 11 is 6.78. The van der Waals surface area contributed by atoms with Gasteiger partial charge in [-0.2, -0.15) is 0 Å². The van der Waals surface area contributed by atoms with E-state index < -0.39 is 11.9 Å². The fourth-order valence-electron chi connectivity index (χ4n) is 2.29. The molecule has 28 heavy (non-hydrogen) atoms. The van der Waals surface area contributed by atoms with Gasteiger partial charge in [0.2, 0.25) is 0 Å². The number of hydrogen-bond acceptors (Lipinski definition) is 6. The largest absolute Gasteiger partial charge is 0.346 e. The van der Waals surface area contributed by atoms with Gasteiger partial charge in [-0.05, 0) is 29.8 Å². The summed E-state index contributed by atoms with van der Waals surface area (Å²) in [7, 11) is 0. The molecule has 0 radical (unpaired) electrons. The highest BCUT2D eigenvalue weighted by molar-refractivity contribution is 7.10. The van der Waals surface area contributed by atoms with Crippen molar-refractivity contribution in [3.63, 3.8) is 0 Å². The number of carbonyl (C=O) groups is 2. The second-order valence-electron chi connectivity index (χ2n) is 5.71. The average Bonchev–Trinajstić information content (AvgIpc) is 3.16. The summed E-state index contributed by atoms with van der Waals surface area (Å²) in [4.78, 5) is 28.6. The van der Waals surface area contributed by atoms with Crippen molar-refractivity contribution in [3.05, 3.63) is 70.6 Å². The molecule has 0 fully saturated rings. The molecule has 0 unspecified atom stereocenters. The predicted molar refractivity (Wildman–Crippen MR) is 107 cm³/mol. The van der Waals surface area contributed by atoms with Crippen LogP contribution < -0.4 is 16.0 Å². The molecule has 3 N–H and O–H groups in total. The Labute approximate surface area is 170 Å². The summed E-state index contributed by atoms with van der Waals surface area (Å²) in [5.41, 5.74) is 1.84. The Morgan fingerprint density at radius 3 is 2.64 bits per heavy atom. The van der Waals surface area contributed by atoms with Crippen LogP contribution in [0.3, 0.4) is 0 Å². The van der Waals surface area contributed by atoms with Crippen LogP contribution in [0.1, 0.15) is 21.7 Å². The number of benzene rings is 1. The van der Waals surface area contributed by atoms with Gasteiger partial charge < -0.3 is 10.6 Å². The summed E-state index contributed by atoms with van der Waals surface area (Å²) < 4.78 is 3.75. The summed E-state index contributed by atoms with van der Waals surface area (Å²) in [5, 5.41) is 12.8. The van der Waals surface area contributed by atoms with Crippen molar-refractivity contribution in [1.82, 2.24) is 25.2 Å². The number of anilines is 1. The Morgan fingerprint density at radius 1 is 1.07 bits per heavy atom. The molecule has 0 saturated heterocycles. The van der Waals surface area contributed by atoms with Gasteiger partial charge in [-0.25, -0.2) is 4.79 Å². The maximum absolute atomic E-state index is 12.3. The molecule has 3 rings (SSSR count). The van der Waals surface area contributed by atoms with Crippen LogP contribution in [-0.4, -0.2) is 33.1 Å². The molecule has 1 aromatic carbocycles. The molecular weight excluding hydrogens is 400 g/mol. The molecule has 0 spiro atoms. The topological polar surface area (TPSA) is 109 Å². The standard InChI is InChI=1S/C18H17ClN6O2S/c19-13-6-4-12(5-7-13)11-22-16(26)15-17(28-25-24-15)23-18(27)21-10-8-14-3-1-2-9-20-14/h1-7,9H,8,10-11H2,(H,22,26)(H2,21,23,27). The molecular formula is C18H17ClN6O2S. The Hall–Kier alpha value is -3.04. The minimum absolute atomic E-state index is 0.0684. The minimum Gasteiger partial charge on any atom is -0.346 e. The van der Waals surface area contributed by atoms with Gasteiger partial charge in [-0.1, -0.05) is 34.3 Å². The van der Waals surface area contributed by atoms with Gasteiger partial charge in [-0.15, -0.1) is 5.10 Å². The molecule has 0 bridgehead atoms. The molecule has 10 heteroatoms. The maximum Gasteiger partial charge on any atom is 0.319 e. The van der Waals surface area contributed by atoms with E-state index in [2.05, 4.69) is 30.5 Å². The molecule has 2 aromatic heterocycles. The van der Waals surface area contributed by atoms with Crippen molar-refractivity contribution in [1.29, 1.82) is 0 Å². The van der Waals surface area contributed by atoms with E-state index in [9.17, 15) is 9.59 Å². The van der Waals surface area contributed by atoms with Crippen LogP contribution in [0.25, 0.3) is 0 Å². The van der Waals surface area contributed by atoms with Crippen molar-refractivity contribution >= 4 is 40.1 Å². The highest BCUT2D eigenvalue weighted by Crippen LogP contribution is 2.17. The van der Waals surface area contributed by atoms with Crippen LogP contribution in [0.15, 0.2) is 48.7 Å². The van der Waals surface area contributed by atoms with Crippen molar-refractivity contribution in [2.24, 2.45) is 0 Å². The maximum atomic E-state index is 12.3. The number of carbonyl (C=O) groups excluding carboxylic acids is 2. The quantitative estimate of drug-likeness (QED) is 0.548. The van der Waals surface area contributed by atoms with E-state index in [1.54, 1.807) is 18.3 Å². The molecule has 144 valence electrons. The number of amides is 3. The number of urea groups is 1. The van der Waals surface area contributed by atoms with E-state index in [0.29, 0.717) is 24.5 Å². The normalized spacial score (nSPS) is 10.3. The zero-order chi connectivity index (χ0) is 19.8. The third kappa shape index (κ3) is 5.73. The fraction of sp³-hybridized carbons (Fsp3) is 0.167. The van der Waals surface area contributed by atoms with E-state index in [1.165, 1.54) is 0 Å². The number of nitrogens with one attached hydrogen (secondary N) is 3. The van der Waals surface area contributed by atoms with E-state index >= 15 is 0 Å². The number of rotatable bonds is 7. The van der Waals surface area contributed by atoms with Gasteiger partial charge in [0.15, 0.2) is 10.7 Å². The van der Waals surface area contributed by atoms with Crippen LogP contribution >= 0.6 is 23.1 Å². The average molecular weight is 417 g/mol. The van der Waals surface area contributed by atoms with Crippen molar-refractivity contribution in [2.45, 2.75) is 13.0 Å². The zero-order valence-corrected chi connectivity index (χ0v) is 16.3. The number of pyridine rings is 1. The third-order valence-electron chi connectivity index (χ3n) is 3.69. The lowest BCUT2D eigenvalue weighted by molar-refractivity contribution is 0.0947. The Bertz CT molecular complexity index is 933. The van der Waals surface area contributed by atoms with Crippen LogP contribution in [0.2, 0.25) is 5.02 Å². The Balaban J connectivity index is 1.48. The van der Waals surface area contributed by atoms with Gasteiger partial charge >= 0.3 is 6.03 Å². The third-order valence-corrected chi connectivity index (χ3v) is 4.58. The van der Waals surface area contributed by atoms with Gasteiger partial charge in [-0.3, -0.25) is 15.1 Å². The highest BCUT2D eigenvalue weighted by atomic mass is 35.5. The van der Waals surface area contributed by atoms with Crippen molar-refractivity contribution in [2.75, 3.05) is 11.9 Å². The number of nitrogens with zero attached hydrogens (tertiary/aromatic N) is 3. The molecule has 8 nitrogen and oxygen atoms in total. The van der Waals surface area contributed by atoms with Crippen molar-refractivity contribution in [3.8, 4) is 0 Å².